The predicted octanol–water partition coefficient (Wildman–Crippen LogP) is 1.74. The number of hydrogen-bond donors (Lipinski definition) is 2. The van der Waals surface area contributed by atoms with E-state index in [1.807, 2.05) is 13.0 Å². The largest absolute Gasteiger partial charge is 0.396 e. The second-order valence-corrected chi connectivity index (χ2v) is 8.92. The van der Waals surface area contributed by atoms with Crippen molar-refractivity contribution < 1.29 is 13.5 Å². The molecule has 0 radical (unpaired) electrons. The fourth-order valence-corrected chi connectivity index (χ4v) is 6.31. The molecule has 2 bridgehead atoms. The van der Waals surface area contributed by atoms with Gasteiger partial charge in [-0.05, 0) is 50.2 Å². The Morgan fingerprint density at radius 2 is 2.11 bits per heavy atom. The fraction of sp³-hybridized carbons (Fsp3) is 0.692. The van der Waals surface area contributed by atoms with Crippen LogP contribution in [-0.2, 0) is 10.0 Å². The van der Waals surface area contributed by atoms with E-state index in [4.69, 9.17) is 0 Å². The Morgan fingerprint density at radius 3 is 2.74 bits per heavy atom. The van der Waals surface area contributed by atoms with Gasteiger partial charge in [-0.1, -0.05) is 0 Å². The normalized spacial score (nSPS) is 34.0. The zero-order valence-corrected chi connectivity index (χ0v) is 12.5. The standard InChI is InChI=1S/C13H19NO3S2/c1-8-2-5-12(18-8)19(16,17)14-13-10-4-3-9(6-10)11(13)7-15/h2,5,9-11,13-15H,3-4,6-7H2,1H3/t9-,10-,11-,13+/m0/s1. The number of fused-ring (bicyclic) bond motifs is 2. The van der Waals surface area contributed by atoms with Crippen LogP contribution in [0.15, 0.2) is 16.3 Å². The second kappa shape index (κ2) is 4.84. The van der Waals surface area contributed by atoms with Crippen LogP contribution < -0.4 is 4.72 Å². The van der Waals surface area contributed by atoms with Gasteiger partial charge in [0.25, 0.3) is 0 Å². The number of nitrogens with one attached hydrogen (secondary N) is 1. The van der Waals surface area contributed by atoms with Crippen molar-refractivity contribution in [2.45, 2.75) is 36.4 Å². The van der Waals surface area contributed by atoms with Crippen LogP contribution in [-0.4, -0.2) is 26.2 Å². The van der Waals surface area contributed by atoms with Gasteiger partial charge in [0.1, 0.15) is 4.21 Å². The molecule has 0 saturated heterocycles. The minimum Gasteiger partial charge on any atom is -0.396 e. The molecule has 0 amide bonds. The highest BCUT2D eigenvalue weighted by molar-refractivity contribution is 7.91. The summed E-state index contributed by atoms with van der Waals surface area (Å²) in [5, 5.41) is 9.50. The van der Waals surface area contributed by atoms with Crippen LogP contribution in [0.3, 0.4) is 0 Å². The van der Waals surface area contributed by atoms with Gasteiger partial charge in [-0.15, -0.1) is 11.3 Å². The molecule has 0 aromatic carbocycles. The molecule has 2 fully saturated rings. The maximum atomic E-state index is 12.4. The van der Waals surface area contributed by atoms with Crippen molar-refractivity contribution in [3.63, 3.8) is 0 Å². The van der Waals surface area contributed by atoms with Gasteiger partial charge in [-0.3, -0.25) is 0 Å². The monoisotopic (exact) mass is 301 g/mol. The predicted molar refractivity (Wildman–Crippen MR) is 74.6 cm³/mol. The SMILES string of the molecule is Cc1ccc(S(=O)(=O)N[C@@H]2[C@H]3CC[C@@H](C3)[C@@H]2CO)s1. The highest BCUT2D eigenvalue weighted by Crippen LogP contribution is 2.48. The van der Waals surface area contributed by atoms with Crippen molar-refractivity contribution in [2.24, 2.45) is 17.8 Å². The molecule has 106 valence electrons. The van der Waals surface area contributed by atoms with Crippen LogP contribution in [0.1, 0.15) is 24.1 Å². The molecule has 4 nitrogen and oxygen atoms in total. The van der Waals surface area contributed by atoms with E-state index in [0.717, 1.165) is 24.1 Å². The molecular formula is C13H19NO3S2. The van der Waals surface area contributed by atoms with E-state index in [0.29, 0.717) is 16.0 Å². The number of rotatable bonds is 4. The quantitative estimate of drug-likeness (QED) is 0.890. The van der Waals surface area contributed by atoms with E-state index in [1.165, 1.54) is 11.3 Å². The van der Waals surface area contributed by atoms with Crippen molar-refractivity contribution in [1.29, 1.82) is 0 Å². The van der Waals surface area contributed by atoms with E-state index in [9.17, 15) is 13.5 Å². The second-order valence-electron chi connectivity index (χ2n) is 5.69. The maximum Gasteiger partial charge on any atom is 0.250 e. The summed E-state index contributed by atoms with van der Waals surface area (Å²) >= 11 is 1.29. The van der Waals surface area contributed by atoms with Crippen LogP contribution in [0.4, 0.5) is 0 Å². The number of sulfonamides is 1. The van der Waals surface area contributed by atoms with Crippen LogP contribution in [0.2, 0.25) is 0 Å². The molecular weight excluding hydrogens is 282 g/mol. The summed E-state index contributed by atoms with van der Waals surface area (Å²) in [5.41, 5.74) is 0. The molecule has 1 heterocycles. The molecule has 3 rings (SSSR count). The van der Waals surface area contributed by atoms with Gasteiger partial charge < -0.3 is 5.11 Å². The Bertz CT molecular complexity index is 566. The smallest absolute Gasteiger partial charge is 0.250 e. The lowest BCUT2D eigenvalue weighted by molar-refractivity contribution is 0.153. The topological polar surface area (TPSA) is 66.4 Å². The van der Waals surface area contributed by atoms with E-state index < -0.39 is 10.0 Å². The molecule has 2 N–H and O–H groups in total. The average molecular weight is 301 g/mol. The van der Waals surface area contributed by atoms with Gasteiger partial charge in [0.15, 0.2) is 0 Å². The summed E-state index contributed by atoms with van der Waals surface area (Å²) in [6.45, 7) is 1.98. The highest BCUT2D eigenvalue weighted by Gasteiger charge is 2.48. The lowest BCUT2D eigenvalue weighted by atomic mass is 9.86. The maximum absolute atomic E-state index is 12.4. The van der Waals surface area contributed by atoms with Crippen LogP contribution in [0, 0.1) is 24.7 Å². The van der Waals surface area contributed by atoms with Gasteiger partial charge >= 0.3 is 0 Å². The summed E-state index contributed by atoms with van der Waals surface area (Å²) in [5.74, 6) is 0.986. The molecule has 0 aliphatic heterocycles. The Morgan fingerprint density at radius 1 is 1.37 bits per heavy atom. The van der Waals surface area contributed by atoms with Gasteiger partial charge in [0.05, 0.1) is 0 Å². The minimum absolute atomic E-state index is 0.0812. The summed E-state index contributed by atoms with van der Waals surface area (Å²) in [4.78, 5) is 0.993. The first-order valence-electron chi connectivity index (χ1n) is 6.71. The third kappa shape index (κ3) is 2.35. The molecule has 0 unspecified atom stereocenters. The first-order chi connectivity index (χ1) is 9.01. The zero-order valence-electron chi connectivity index (χ0n) is 10.9. The van der Waals surface area contributed by atoms with Gasteiger partial charge in [0, 0.05) is 23.4 Å². The molecule has 2 saturated carbocycles. The Hall–Kier alpha value is -0.430. The lowest BCUT2D eigenvalue weighted by Gasteiger charge is -2.29. The molecule has 1 aromatic heterocycles. The number of aryl methyl sites for hydroxylation is 1. The summed E-state index contributed by atoms with van der Waals surface area (Å²) in [6.07, 6.45) is 3.27. The Balaban J connectivity index is 1.81. The Labute approximate surface area is 117 Å². The first kappa shape index (κ1) is 13.5. The average Bonchev–Trinajstić information content (AvgIpc) is 3.03. The van der Waals surface area contributed by atoms with Gasteiger partial charge in [0.2, 0.25) is 10.0 Å². The number of aliphatic hydroxyl groups excluding tert-OH is 1. The molecule has 2 aliphatic carbocycles. The fourth-order valence-electron chi connectivity index (χ4n) is 3.65. The van der Waals surface area contributed by atoms with Crippen molar-refractivity contribution in [3.8, 4) is 0 Å². The molecule has 4 atom stereocenters. The van der Waals surface area contributed by atoms with Crippen molar-refractivity contribution >= 4 is 21.4 Å². The Kier molecular flexibility index (Phi) is 3.45. The van der Waals surface area contributed by atoms with Crippen molar-refractivity contribution in [2.75, 3.05) is 6.61 Å². The minimum atomic E-state index is -3.43. The van der Waals surface area contributed by atoms with Crippen molar-refractivity contribution in [1.82, 2.24) is 4.72 Å². The number of aliphatic hydroxyl groups is 1. The van der Waals surface area contributed by atoms with Crippen LogP contribution >= 0.6 is 11.3 Å². The number of hydrogen-bond acceptors (Lipinski definition) is 4. The molecule has 1 aromatic rings. The first-order valence-corrected chi connectivity index (χ1v) is 9.01. The van der Waals surface area contributed by atoms with Crippen LogP contribution in [0.25, 0.3) is 0 Å². The van der Waals surface area contributed by atoms with Crippen molar-refractivity contribution in [3.05, 3.63) is 17.0 Å². The van der Waals surface area contributed by atoms with Gasteiger partial charge in [-0.2, -0.15) is 0 Å². The molecule has 0 spiro atoms. The molecule has 19 heavy (non-hydrogen) atoms. The summed E-state index contributed by atoms with van der Waals surface area (Å²) < 4.78 is 27.9. The number of thiophene rings is 1. The summed E-state index contributed by atoms with van der Waals surface area (Å²) in [6, 6.07) is 3.39. The van der Waals surface area contributed by atoms with Gasteiger partial charge in [-0.25, -0.2) is 13.1 Å². The third-order valence-corrected chi connectivity index (χ3v) is 7.52. The zero-order chi connectivity index (χ0) is 13.6. The van der Waals surface area contributed by atoms with E-state index in [-0.39, 0.29) is 18.6 Å². The van der Waals surface area contributed by atoms with Crippen LogP contribution in [0.5, 0.6) is 0 Å². The highest BCUT2D eigenvalue weighted by atomic mass is 32.2. The van der Waals surface area contributed by atoms with E-state index >= 15 is 0 Å². The van der Waals surface area contributed by atoms with E-state index in [2.05, 4.69) is 4.72 Å². The molecule has 2 aliphatic rings. The lowest BCUT2D eigenvalue weighted by Crippen LogP contribution is -2.44. The summed E-state index contributed by atoms with van der Waals surface area (Å²) in [7, 11) is -3.43. The van der Waals surface area contributed by atoms with E-state index in [1.54, 1.807) is 6.07 Å². The third-order valence-electron chi connectivity index (χ3n) is 4.57. The molecule has 6 heteroatoms.